The molecule has 1 saturated heterocycles. The number of aryl methyl sites for hydroxylation is 2. The normalized spacial score (nSPS) is 16.6. The highest BCUT2D eigenvalue weighted by molar-refractivity contribution is 7.91. The van der Waals surface area contributed by atoms with Gasteiger partial charge in [0.15, 0.2) is 0 Å². The molecule has 6 nitrogen and oxygen atoms in total. The number of sulfonamides is 1. The van der Waals surface area contributed by atoms with Gasteiger partial charge in [0.25, 0.3) is 15.6 Å². The molecule has 4 rings (SSSR count). The van der Waals surface area contributed by atoms with E-state index in [2.05, 4.69) is 4.98 Å². The molecule has 0 aliphatic carbocycles. The van der Waals surface area contributed by atoms with E-state index in [1.165, 1.54) is 11.3 Å². The van der Waals surface area contributed by atoms with Crippen LogP contribution in [0.2, 0.25) is 0 Å². The number of thiophene rings is 1. The van der Waals surface area contributed by atoms with Gasteiger partial charge in [0.1, 0.15) is 10.0 Å². The molecule has 148 valence electrons. The summed E-state index contributed by atoms with van der Waals surface area (Å²) in [6.45, 7) is 5.31. The molecule has 0 saturated carbocycles. The van der Waals surface area contributed by atoms with Crippen molar-refractivity contribution in [2.75, 3.05) is 13.1 Å². The van der Waals surface area contributed by atoms with E-state index >= 15 is 0 Å². The number of hydrogen-bond acceptors (Lipinski definition) is 5. The Morgan fingerprint density at radius 1 is 1.11 bits per heavy atom. The second-order valence-electron chi connectivity index (χ2n) is 7.30. The summed E-state index contributed by atoms with van der Waals surface area (Å²) < 4.78 is 29.3. The van der Waals surface area contributed by atoms with Crippen molar-refractivity contribution < 1.29 is 8.42 Å². The summed E-state index contributed by atoms with van der Waals surface area (Å²) in [4.78, 5) is 18.4. The summed E-state index contributed by atoms with van der Waals surface area (Å²) >= 11 is 1.31. The maximum atomic E-state index is 12.9. The summed E-state index contributed by atoms with van der Waals surface area (Å²) in [5, 5.41) is 0.626. The topological polar surface area (TPSA) is 72.3 Å². The van der Waals surface area contributed by atoms with Crippen LogP contribution in [0.25, 0.3) is 10.9 Å². The number of fused-ring (bicyclic) bond motifs is 1. The Bertz CT molecular complexity index is 1170. The van der Waals surface area contributed by atoms with Gasteiger partial charge in [-0.1, -0.05) is 12.1 Å². The number of para-hydroxylation sites is 1. The molecule has 1 aliphatic rings. The first-order valence-corrected chi connectivity index (χ1v) is 11.6. The van der Waals surface area contributed by atoms with Crippen LogP contribution in [-0.4, -0.2) is 35.4 Å². The van der Waals surface area contributed by atoms with Gasteiger partial charge in [0.05, 0.1) is 10.9 Å². The third kappa shape index (κ3) is 3.52. The summed E-state index contributed by atoms with van der Waals surface area (Å²) in [5.41, 5.74) is 0.695. The first-order chi connectivity index (χ1) is 13.4. The lowest BCUT2D eigenvalue weighted by atomic mass is 9.98. The van der Waals surface area contributed by atoms with Gasteiger partial charge in [0.2, 0.25) is 0 Å². The summed E-state index contributed by atoms with van der Waals surface area (Å²) in [7, 11) is -3.41. The molecule has 1 fully saturated rings. The molecule has 0 bridgehead atoms. The van der Waals surface area contributed by atoms with Crippen molar-refractivity contribution in [2.24, 2.45) is 5.92 Å². The average molecular weight is 418 g/mol. The van der Waals surface area contributed by atoms with Crippen molar-refractivity contribution in [3.05, 3.63) is 57.5 Å². The molecule has 0 unspecified atom stereocenters. The molecule has 0 N–H and O–H groups in total. The zero-order valence-electron chi connectivity index (χ0n) is 16.0. The fourth-order valence-corrected chi connectivity index (χ4v) is 6.67. The van der Waals surface area contributed by atoms with E-state index in [4.69, 9.17) is 0 Å². The number of hydrogen-bond donors (Lipinski definition) is 0. The first-order valence-electron chi connectivity index (χ1n) is 9.39. The lowest BCUT2D eigenvalue weighted by molar-refractivity contribution is 0.250. The van der Waals surface area contributed by atoms with Crippen molar-refractivity contribution in [3.63, 3.8) is 0 Å². The zero-order chi connectivity index (χ0) is 19.9. The molecular formula is C20H23N3O3S2. The Morgan fingerprint density at radius 3 is 2.50 bits per heavy atom. The summed E-state index contributed by atoms with van der Waals surface area (Å²) in [5.74, 6) is 0.962. The number of benzene rings is 1. The van der Waals surface area contributed by atoms with Gasteiger partial charge in [-0.2, -0.15) is 4.31 Å². The molecule has 28 heavy (non-hydrogen) atoms. The summed E-state index contributed by atoms with van der Waals surface area (Å²) in [6.07, 6.45) is 1.48. The third-order valence-electron chi connectivity index (χ3n) is 5.38. The van der Waals surface area contributed by atoms with Crippen molar-refractivity contribution in [1.29, 1.82) is 0 Å². The van der Waals surface area contributed by atoms with Crippen molar-refractivity contribution in [2.45, 2.75) is 37.4 Å². The monoisotopic (exact) mass is 417 g/mol. The molecule has 0 radical (unpaired) electrons. The SMILES string of the molecule is Cc1ccc(S(=O)(=O)N2CCC(Cn3c(C)nc4ccccc4c3=O)CC2)s1. The van der Waals surface area contributed by atoms with E-state index in [1.807, 2.05) is 38.1 Å². The maximum Gasteiger partial charge on any atom is 0.261 e. The quantitative estimate of drug-likeness (QED) is 0.654. The van der Waals surface area contributed by atoms with Crippen LogP contribution in [0.1, 0.15) is 23.5 Å². The number of nitrogens with zero attached hydrogens (tertiary/aromatic N) is 3. The van der Waals surface area contributed by atoms with Crippen LogP contribution in [-0.2, 0) is 16.6 Å². The fourth-order valence-electron chi connectivity index (χ4n) is 3.76. The van der Waals surface area contributed by atoms with Gasteiger partial charge in [-0.15, -0.1) is 11.3 Å². The molecule has 2 aromatic heterocycles. The van der Waals surface area contributed by atoms with Crippen molar-refractivity contribution in [1.82, 2.24) is 13.9 Å². The first kappa shape index (κ1) is 19.3. The highest BCUT2D eigenvalue weighted by Gasteiger charge is 2.30. The van der Waals surface area contributed by atoms with E-state index in [9.17, 15) is 13.2 Å². The van der Waals surface area contributed by atoms with Gasteiger partial charge in [-0.3, -0.25) is 9.36 Å². The molecule has 0 spiro atoms. The number of rotatable bonds is 4. The molecule has 3 heterocycles. The van der Waals surface area contributed by atoms with Crippen LogP contribution >= 0.6 is 11.3 Å². The zero-order valence-corrected chi connectivity index (χ0v) is 17.6. The predicted octanol–water partition coefficient (Wildman–Crippen LogP) is 3.18. The Balaban J connectivity index is 1.50. The molecule has 0 atom stereocenters. The van der Waals surface area contributed by atoms with Crippen molar-refractivity contribution >= 4 is 32.3 Å². The summed E-state index contributed by atoms with van der Waals surface area (Å²) in [6, 6.07) is 10.9. The average Bonchev–Trinajstić information content (AvgIpc) is 3.13. The second kappa shape index (κ2) is 7.42. The third-order valence-corrected chi connectivity index (χ3v) is 8.74. The van der Waals surface area contributed by atoms with Gasteiger partial charge in [-0.25, -0.2) is 13.4 Å². The molecular weight excluding hydrogens is 394 g/mol. The Labute approximate surface area is 168 Å². The van der Waals surface area contributed by atoms with Crippen LogP contribution in [0.4, 0.5) is 0 Å². The van der Waals surface area contributed by atoms with Crippen molar-refractivity contribution in [3.8, 4) is 0 Å². The second-order valence-corrected chi connectivity index (χ2v) is 10.8. The fraction of sp³-hybridized carbons (Fsp3) is 0.400. The minimum atomic E-state index is -3.41. The smallest absolute Gasteiger partial charge is 0.261 e. The minimum absolute atomic E-state index is 0.0211. The largest absolute Gasteiger partial charge is 0.296 e. The van der Waals surface area contributed by atoms with Crippen LogP contribution in [0, 0.1) is 19.8 Å². The van der Waals surface area contributed by atoms with Gasteiger partial charge in [-0.05, 0) is 56.9 Å². The van der Waals surface area contributed by atoms with Gasteiger partial charge >= 0.3 is 0 Å². The molecule has 1 aliphatic heterocycles. The van der Waals surface area contributed by atoms with E-state index in [0.29, 0.717) is 40.6 Å². The minimum Gasteiger partial charge on any atom is -0.296 e. The lowest BCUT2D eigenvalue weighted by Crippen LogP contribution is -2.40. The molecule has 8 heteroatoms. The highest BCUT2D eigenvalue weighted by atomic mass is 32.2. The Morgan fingerprint density at radius 2 is 1.82 bits per heavy atom. The van der Waals surface area contributed by atoms with E-state index in [-0.39, 0.29) is 11.5 Å². The standard InChI is InChI=1S/C20H23N3O3S2/c1-14-7-8-19(27-14)28(25,26)22-11-9-16(10-12-22)13-23-15(2)21-18-6-4-3-5-17(18)20(23)24/h3-8,16H,9-13H2,1-2H3. The molecule has 1 aromatic carbocycles. The van der Waals surface area contributed by atoms with Crippen LogP contribution in [0.15, 0.2) is 45.4 Å². The van der Waals surface area contributed by atoms with Crippen LogP contribution < -0.4 is 5.56 Å². The van der Waals surface area contributed by atoms with Crippen LogP contribution in [0.5, 0.6) is 0 Å². The maximum absolute atomic E-state index is 12.9. The number of aromatic nitrogens is 2. The predicted molar refractivity (Wildman–Crippen MR) is 111 cm³/mol. The lowest BCUT2D eigenvalue weighted by Gasteiger charge is -2.31. The van der Waals surface area contributed by atoms with Gasteiger partial charge in [0, 0.05) is 24.5 Å². The van der Waals surface area contributed by atoms with Crippen LogP contribution in [0.3, 0.4) is 0 Å². The van der Waals surface area contributed by atoms with E-state index in [1.54, 1.807) is 21.0 Å². The Hall–Kier alpha value is -2.03. The highest BCUT2D eigenvalue weighted by Crippen LogP contribution is 2.28. The van der Waals surface area contributed by atoms with E-state index < -0.39 is 10.0 Å². The Kier molecular flexibility index (Phi) is 5.11. The van der Waals surface area contributed by atoms with Gasteiger partial charge < -0.3 is 0 Å². The van der Waals surface area contributed by atoms with E-state index in [0.717, 1.165) is 17.7 Å². The number of piperidine rings is 1. The molecule has 0 amide bonds. The molecule has 3 aromatic rings.